The first-order chi connectivity index (χ1) is 7.97. The van der Waals surface area contributed by atoms with Gasteiger partial charge in [0, 0.05) is 26.6 Å². The van der Waals surface area contributed by atoms with E-state index in [0.717, 1.165) is 19.6 Å². The van der Waals surface area contributed by atoms with Crippen LogP contribution in [0.3, 0.4) is 0 Å². The minimum atomic E-state index is -0.994. The molecular weight excluding hydrogens is 220 g/mol. The number of amides is 1. The zero-order valence-corrected chi connectivity index (χ0v) is 10.9. The molecule has 0 spiro atoms. The van der Waals surface area contributed by atoms with Crippen LogP contribution in [0.1, 0.15) is 33.6 Å². The lowest BCUT2D eigenvalue weighted by atomic mass is 9.85. The number of likely N-dealkylation sites (tertiary alicyclic amines) is 1. The number of carbonyl (C=O) groups is 2. The minimum Gasteiger partial charge on any atom is -0.479 e. The summed E-state index contributed by atoms with van der Waals surface area (Å²) in [5.74, 6) is -1.02. The maximum atomic E-state index is 11.6. The third-order valence-electron chi connectivity index (χ3n) is 3.74. The first kappa shape index (κ1) is 14.0. The summed E-state index contributed by atoms with van der Waals surface area (Å²) in [5.41, 5.74) is -0.994. The van der Waals surface area contributed by atoms with Crippen molar-refractivity contribution in [3.05, 3.63) is 0 Å². The Labute approximate surface area is 102 Å². The number of carboxylic acids is 1. The quantitative estimate of drug-likeness (QED) is 0.792. The molecule has 1 N–H and O–H groups in total. The summed E-state index contributed by atoms with van der Waals surface area (Å²) >= 11 is 0. The molecule has 98 valence electrons. The normalized spacial score (nSPS) is 19.9. The fourth-order valence-corrected chi connectivity index (χ4v) is 2.67. The molecule has 1 amide bonds. The van der Waals surface area contributed by atoms with Gasteiger partial charge in [-0.15, -0.1) is 0 Å². The highest BCUT2D eigenvalue weighted by Gasteiger charge is 2.46. The molecule has 0 aromatic heterocycles. The molecule has 1 saturated heterocycles. The van der Waals surface area contributed by atoms with E-state index < -0.39 is 11.5 Å². The summed E-state index contributed by atoms with van der Waals surface area (Å²) in [6, 6.07) is 0. The Hall–Kier alpha value is -1.10. The molecule has 0 radical (unpaired) electrons. The lowest BCUT2D eigenvalue weighted by molar-refractivity contribution is -0.162. The number of likely N-dealkylation sites (N-methyl/N-ethyl adjacent to an activating group) is 1. The van der Waals surface area contributed by atoms with E-state index in [2.05, 4.69) is 11.8 Å². The molecule has 17 heavy (non-hydrogen) atoms. The lowest BCUT2D eigenvalue weighted by Crippen LogP contribution is -2.61. The first-order valence-corrected chi connectivity index (χ1v) is 6.22. The van der Waals surface area contributed by atoms with Gasteiger partial charge in [0.1, 0.15) is 5.54 Å². The number of carbonyl (C=O) groups excluding carboxylic acids is 1. The predicted molar refractivity (Wildman–Crippen MR) is 64.8 cm³/mol. The molecule has 1 aliphatic rings. The van der Waals surface area contributed by atoms with Gasteiger partial charge in [0.15, 0.2) is 0 Å². The SMILES string of the molecule is CCN1CCC(C(=O)O)(N(CC)C(C)=O)CC1. The fourth-order valence-electron chi connectivity index (χ4n) is 2.67. The summed E-state index contributed by atoms with van der Waals surface area (Å²) < 4.78 is 0. The van der Waals surface area contributed by atoms with Crippen molar-refractivity contribution >= 4 is 11.9 Å². The topological polar surface area (TPSA) is 60.9 Å². The van der Waals surface area contributed by atoms with Crippen LogP contribution in [0.15, 0.2) is 0 Å². The molecule has 1 heterocycles. The van der Waals surface area contributed by atoms with Crippen LogP contribution in [0.25, 0.3) is 0 Å². The largest absolute Gasteiger partial charge is 0.479 e. The van der Waals surface area contributed by atoms with Crippen LogP contribution in [0.4, 0.5) is 0 Å². The molecule has 0 saturated carbocycles. The number of carboxylic acid groups (broad SMARTS) is 1. The van der Waals surface area contributed by atoms with E-state index in [1.54, 1.807) is 0 Å². The summed E-state index contributed by atoms with van der Waals surface area (Å²) in [7, 11) is 0. The highest BCUT2D eigenvalue weighted by atomic mass is 16.4. The Kier molecular flexibility index (Phi) is 4.51. The van der Waals surface area contributed by atoms with Crippen molar-refractivity contribution in [1.82, 2.24) is 9.80 Å². The number of aliphatic carboxylic acids is 1. The van der Waals surface area contributed by atoms with Crippen LogP contribution in [0, 0.1) is 0 Å². The van der Waals surface area contributed by atoms with Gasteiger partial charge in [-0.3, -0.25) is 4.79 Å². The standard InChI is InChI=1S/C12H22N2O3/c1-4-13-8-6-12(7-9-13,11(16)17)14(5-2)10(3)15/h4-9H2,1-3H3,(H,16,17). The molecular formula is C12H22N2O3. The molecule has 0 bridgehead atoms. The third kappa shape index (κ3) is 2.60. The Morgan fingerprint density at radius 2 is 1.82 bits per heavy atom. The van der Waals surface area contributed by atoms with Gasteiger partial charge in [0.2, 0.25) is 5.91 Å². The average molecular weight is 242 g/mol. The molecule has 0 aromatic rings. The second-order valence-corrected chi connectivity index (χ2v) is 4.53. The van der Waals surface area contributed by atoms with E-state index in [1.165, 1.54) is 11.8 Å². The number of nitrogens with zero attached hydrogens (tertiary/aromatic N) is 2. The van der Waals surface area contributed by atoms with Crippen LogP contribution in [0.5, 0.6) is 0 Å². The van der Waals surface area contributed by atoms with E-state index >= 15 is 0 Å². The fraction of sp³-hybridized carbons (Fsp3) is 0.833. The van der Waals surface area contributed by atoms with E-state index in [0.29, 0.717) is 19.4 Å². The number of rotatable bonds is 4. The molecule has 5 heteroatoms. The van der Waals surface area contributed by atoms with Gasteiger partial charge in [-0.1, -0.05) is 6.92 Å². The average Bonchev–Trinajstić information content (AvgIpc) is 2.30. The van der Waals surface area contributed by atoms with Gasteiger partial charge < -0.3 is 14.9 Å². The van der Waals surface area contributed by atoms with E-state index in [9.17, 15) is 14.7 Å². The van der Waals surface area contributed by atoms with Gasteiger partial charge in [0.05, 0.1) is 0 Å². The summed E-state index contributed by atoms with van der Waals surface area (Å²) in [4.78, 5) is 26.9. The maximum absolute atomic E-state index is 11.6. The number of hydrogen-bond acceptors (Lipinski definition) is 3. The van der Waals surface area contributed by atoms with Crippen LogP contribution < -0.4 is 0 Å². The summed E-state index contributed by atoms with van der Waals surface area (Å²) in [6.45, 7) is 8.21. The van der Waals surface area contributed by atoms with Crippen molar-refractivity contribution in [3.63, 3.8) is 0 Å². The van der Waals surface area contributed by atoms with Crippen molar-refractivity contribution in [2.75, 3.05) is 26.2 Å². The predicted octanol–water partition coefficient (Wildman–Crippen LogP) is 0.794. The second kappa shape index (κ2) is 5.49. The summed E-state index contributed by atoms with van der Waals surface area (Å²) in [5, 5.41) is 9.49. The van der Waals surface area contributed by atoms with Crippen LogP contribution in [-0.2, 0) is 9.59 Å². The Bertz CT molecular complexity index is 296. The zero-order chi connectivity index (χ0) is 13.1. The lowest BCUT2D eigenvalue weighted by Gasteiger charge is -2.45. The Morgan fingerprint density at radius 1 is 1.29 bits per heavy atom. The zero-order valence-electron chi connectivity index (χ0n) is 10.9. The molecule has 1 fully saturated rings. The van der Waals surface area contributed by atoms with Gasteiger partial charge >= 0.3 is 5.97 Å². The van der Waals surface area contributed by atoms with Gasteiger partial charge in [0.25, 0.3) is 0 Å². The third-order valence-corrected chi connectivity index (χ3v) is 3.74. The molecule has 1 aliphatic heterocycles. The molecule has 1 rings (SSSR count). The maximum Gasteiger partial charge on any atom is 0.329 e. The molecule has 0 aliphatic carbocycles. The Morgan fingerprint density at radius 3 is 2.12 bits per heavy atom. The number of piperidine rings is 1. The van der Waals surface area contributed by atoms with Gasteiger partial charge in [-0.2, -0.15) is 0 Å². The highest BCUT2D eigenvalue weighted by molar-refractivity contribution is 5.86. The van der Waals surface area contributed by atoms with Crippen molar-refractivity contribution in [2.45, 2.75) is 39.2 Å². The monoisotopic (exact) mass is 242 g/mol. The smallest absolute Gasteiger partial charge is 0.329 e. The van der Waals surface area contributed by atoms with Crippen molar-refractivity contribution in [3.8, 4) is 0 Å². The molecule has 0 atom stereocenters. The van der Waals surface area contributed by atoms with Crippen LogP contribution in [0.2, 0.25) is 0 Å². The summed E-state index contributed by atoms with van der Waals surface area (Å²) in [6.07, 6.45) is 1.03. The van der Waals surface area contributed by atoms with Crippen LogP contribution >= 0.6 is 0 Å². The minimum absolute atomic E-state index is 0.153. The van der Waals surface area contributed by atoms with E-state index in [4.69, 9.17) is 0 Å². The van der Waals surface area contributed by atoms with Crippen molar-refractivity contribution in [2.24, 2.45) is 0 Å². The molecule has 0 aromatic carbocycles. The van der Waals surface area contributed by atoms with Gasteiger partial charge in [-0.05, 0) is 26.3 Å². The first-order valence-electron chi connectivity index (χ1n) is 6.22. The molecule has 0 unspecified atom stereocenters. The van der Waals surface area contributed by atoms with Crippen LogP contribution in [-0.4, -0.2) is 58.5 Å². The molecule has 5 nitrogen and oxygen atoms in total. The second-order valence-electron chi connectivity index (χ2n) is 4.53. The van der Waals surface area contributed by atoms with Crippen molar-refractivity contribution in [1.29, 1.82) is 0 Å². The van der Waals surface area contributed by atoms with E-state index in [-0.39, 0.29) is 5.91 Å². The van der Waals surface area contributed by atoms with Gasteiger partial charge in [-0.25, -0.2) is 4.79 Å². The highest BCUT2D eigenvalue weighted by Crippen LogP contribution is 2.29. The van der Waals surface area contributed by atoms with Crippen molar-refractivity contribution < 1.29 is 14.7 Å². The number of hydrogen-bond donors (Lipinski definition) is 1. The Balaban J connectivity index is 2.92. The van der Waals surface area contributed by atoms with E-state index in [1.807, 2.05) is 6.92 Å².